The molecule has 1 fully saturated rings. The molecule has 2 heterocycles. The van der Waals surface area contributed by atoms with Crippen molar-refractivity contribution in [1.82, 2.24) is 9.55 Å². The van der Waals surface area contributed by atoms with Crippen LogP contribution in [0.1, 0.15) is 13.3 Å². The molecule has 5 nitrogen and oxygen atoms in total. The van der Waals surface area contributed by atoms with E-state index in [9.17, 15) is 5.11 Å². The number of rotatable bonds is 3. The van der Waals surface area contributed by atoms with Crippen molar-refractivity contribution >= 4 is 5.95 Å². The summed E-state index contributed by atoms with van der Waals surface area (Å²) in [4.78, 5) is 4.13. The lowest BCUT2D eigenvalue weighted by Crippen LogP contribution is -2.43. The van der Waals surface area contributed by atoms with E-state index in [-0.39, 0.29) is 6.10 Å². The maximum atomic E-state index is 10.2. The molecule has 2 atom stereocenters. The van der Waals surface area contributed by atoms with Crippen molar-refractivity contribution in [2.24, 2.45) is 7.05 Å². The topological polar surface area (TPSA) is 59.3 Å². The second-order valence-electron chi connectivity index (χ2n) is 4.08. The third-order valence-corrected chi connectivity index (χ3v) is 3.03. The van der Waals surface area contributed by atoms with Gasteiger partial charge in [0.15, 0.2) is 0 Å². The zero-order valence-electron chi connectivity index (χ0n) is 9.10. The fourth-order valence-corrected chi connectivity index (χ4v) is 1.77. The van der Waals surface area contributed by atoms with Gasteiger partial charge in [0.25, 0.3) is 0 Å². The van der Waals surface area contributed by atoms with Gasteiger partial charge in [-0.05, 0) is 6.92 Å². The average molecular weight is 211 g/mol. The second-order valence-corrected chi connectivity index (χ2v) is 4.08. The Morgan fingerprint density at radius 1 is 1.80 bits per heavy atom. The SMILES string of the molecule is CC1OCCC1(O)CNc1nccn1C. The summed E-state index contributed by atoms with van der Waals surface area (Å²) in [6.07, 6.45) is 4.14. The molecule has 0 radical (unpaired) electrons. The Morgan fingerprint density at radius 2 is 2.60 bits per heavy atom. The van der Waals surface area contributed by atoms with E-state index in [0.717, 1.165) is 5.95 Å². The minimum atomic E-state index is -0.772. The van der Waals surface area contributed by atoms with Crippen molar-refractivity contribution in [2.45, 2.75) is 25.0 Å². The zero-order valence-corrected chi connectivity index (χ0v) is 9.10. The predicted octanol–water partition coefficient (Wildman–Crippen LogP) is 0.372. The molecule has 2 rings (SSSR count). The molecule has 84 valence electrons. The van der Waals surface area contributed by atoms with Gasteiger partial charge in [0.1, 0.15) is 5.60 Å². The van der Waals surface area contributed by atoms with Crippen LogP contribution < -0.4 is 5.32 Å². The Labute approximate surface area is 89.1 Å². The molecule has 2 unspecified atom stereocenters. The highest BCUT2D eigenvalue weighted by Crippen LogP contribution is 2.25. The summed E-state index contributed by atoms with van der Waals surface area (Å²) in [7, 11) is 1.91. The first-order valence-electron chi connectivity index (χ1n) is 5.17. The number of ether oxygens (including phenoxy) is 1. The Balaban J connectivity index is 1.96. The van der Waals surface area contributed by atoms with Crippen LogP contribution in [0.2, 0.25) is 0 Å². The Kier molecular flexibility index (Phi) is 2.67. The normalized spacial score (nSPS) is 30.7. The van der Waals surface area contributed by atoms with E-state index in [2.05, 4.69) is 10.3 Å². The van der Waals surface area contributed by atoms with Crippen LogP contribution >= 0.6 is 0 Å². The van der Waals surface area contributed by atoms with Crippen LogP contribution in [0.25, 0.3) is 0 Å². The lowest BCUT2D eigenvalue weighted by atomic mass is 9.97. The van der Waals surface area contributed by atoms with Gasteiger partial charge in [0.05, 0.1) is 6.10 Å². The quantitative estimate of drug-likeness (QED) is 0.758. The molecular weight excluding hydrogens is 194 g/mol. The van der Waals surface area contributed by atoms with E-state index >= 15 is 0 Å². The van der Waals surface area contributed by atoms with Crippen molar-refractivity contribution < 1.29 is 9.84 Å². The molecule has 15 heavy (non-hydrogen) atoms. The van der Waals surface area contributed by atoms with Gasteiger partial charge in [-0.2, -0.15) is 0 Å². The molecule has 0 bridgehead atoms. The Morgan fingerprint density at radius 3 is 3.13 bits per heavy atom. The molecule has 2 N–H and O–H groups in total. The van der Waals surface area contributed by atoms with E-state index in [1.807, 2.05) is 24.7 Å². The highest BCUT2D eigenvalue weighted by atomic mass is 16.5. The van der Waals surface area contributed by atoms with Gasteiger partial charge in [0, 0.05) is 39.0 Å². The van der Waals surface area contributed by atoms with Crippen LogP contribution in [0.3, 0.4) is 0 Å². The fourth-order valence-electron chi connectivity index (χ4n) is 1.77. The molecule has 0 amide bonds. The van der Waals surface area contributed by atoms with Crippen LogP contribution in [0, 0.1) is 0 Å². The zero-order chi connectivity index (χ0) is 10.9. The number of aliphatic hydroxyl groups is 1. The summed E-state index contributed by atoms with van der Waals surface area (Å²) in [6, 6.07) is 0. The van der Waals surface area contributed by atoms with Gasteiger partial charge < -0.3 is 19.7 Å². The molecule has 1 saturated heterocycles. The lowest BCUT2D eigenvalue weighted by Gasteiger charge is -2.26. The second kappa shape index (κ2) is 3.83. The van der Waals surface area contributed by atoms with Gasteiger partial charge in [-0.1, -0.05) is 0 Å². The molecule has 1 aromatic heterocycles. The van der Waals surface area contributed by atoms with Gasteiger partial charge in [-0.3, -0.25) is 0 Å². The first-order valence-corrected chi connectivity index (χ1v) is 5.17. The van der Waals surface area contributed by atoms with Gasteiger partial charge in [-0.15, -0.1) is 0 Å². The third kappa shape index (κ3) is 1.98. The number of aromatic nitrogens is 2. The van der Waals surface area contributed by atoms with Crippen molar-refractivity contribution in [3.8, 4) is 0 Å². The molecular formula is C10H17N3O2. The summed E-state index contributed by atoms with van der Waals surface area (Å²) in [5, 5.41) is 13.4. The smallest absolute Gasteiger partial charge is 0.202 e. The highest BCUT2D eigenvalue weighted by molar-refractivity contribution is 5.26. The summed E-state index contributed by atoms with van der Waals surface area (Å²) >= 11 is 0. The standard InChI is InChI=1S/C10H17N3O2/c1-8-10(14,3-6-15-8)7-12-9-11-4-5-13(9)2/h4-5,8,14H,3,6-7H2,1-2H3,(H,11,12). The maximum absolute atomic E-state index is 10.2. The van der Waals surface area contributed by atoms with E-state index in [1.165, 1.54) is 0 Å². The third-order valence-electron chi connectivity index (χ3n) is 3.03. The minimum absolute atomic E-state index is 0.120. The number of nitrogens with one attached hydrogen (secondary N) is 1. The fraction of sp³-hybridized carbons (Fsp3) is 0.700. The van der Waals surface area contributed by atoms with E-state index in [1.54, 1.807) is 6.20 Å². The summed E-state index contributed by atoms with van der Waals surface area (Å²) in [6.45, 7) is 2.99. The molecule has 0 saturated carbocycles. The Hall–Kier alpha value is -1.07. The van der Waals surface area contributed by atoms with Crippen LogP contribution in [-0.4, -0.2) is 39.5 Å². The van der Waals surface area contributed by atoms with E-state index in [4.69, 9.17) is 4.74 Å². The summed E-state index contributed by atoms with van der Waals surface area (Å²) in [5.74, 6) is 0.766. The number of imidazole rings is 1. The van der Waals surface area contributed by atoms with Crippen LogP contribution in [0.4, 0.5) is 5.95 Å². The van der Waals surface area contributed by atoms with Gasteiger partial charge in [0.2, 0.25) is 5.95 Å². The molecule has 1 aliphatic rings. The maximum Gasteiger partial charge on any atom is 0.202 e. The predicted molar refractivity (Wildman–Crippen MR) is 56.7 cm³/mol. The van der Waals surface area contributed by atoms with Crippen LogP contribution in [-0.2, 0) is 11.8 Å². The van der Waals surface area contributed by atoms with Crippen molar-refractivity contribution in [2.75, 3.05) is 18.5 Å². The monoisotopic (exact) mass is 211 g/mol. The van der Waals surface area contributed by atoms with Crippen molar-refractivity contribution in [3.05, 3.63) is 12.4 Å². The number of anilines is 1. The number of aryl methyl sites for hydroxylation is 1. The molecule has 0 spiro atoms. The molecule has 0 aromatic carbocycles. The number of nitrogens with zero attached hydrogens (tertiary/aromatic N) is 2. The summed E-state index contributed by atoms with van der Waals surface area (Å²) < 4.78 is 7.23. The van der Waals surface area contributed by atoms with Crippen LogP contribution in [0.15, 0.2) is 12.4 Å². The largest absolute Gasteiger partial charge is 0.385 e. The van der Waals surface area contributed by atoms with Gasteiger partial charge >= 0.3 is 0 Å². The molecule has 5 heteroatoms. The van der Waals surface area contributed by atoms with Crippen molar-refractivity contribution in [1.29, 1.82) is 0 Å². The van der Waals surface area contributed by atoms with E-state index in [0.29, 0.717) is 19.6 Å². The summed E-state index contributed by atoms with van der Waals surface area (Å²) in [5.41, 5.74) is -0.772. The van der Waals surface area contributed by atoms with E-state index < -0.39 is 5.60 Å². The number of hydrogen-bond acceptors (Lipinski definition) is 4. The molecule has 0 aliphatic carbocycles. The first kappa shape index (κ1) is 10.4. The average Bonchev–Trinajstić information content (AvgIpc) is 2.73. The minimum Gasteiger partial charge on any atom is -0.385 e. The first-order chi connectivity index (χ1) is 7.12. The highest BCUT2D eigenvalue weighted by Gasteiger charge is 2.39. The van der Waals surface area contributed by atoms with Gasteiger partial charge in [-0.25, -0.2) is 4.98 Å². The molecule has 1 aliphatic heterocycles. The van der Waals surface area contributed by atoms with Crippen LogP contribution in [0.5, 0.6) is 0 Å². The number of hydrogen-bond donors (Lipinski definition) is 2. The Bertz CT molecular complexity index is 339. The molecule has 1 aromatic rings. The van der Waals surface area contributed by atoms with Crippen molar-refractivity contribution in [3.63, 3.8) is 0 Å². The lowest BCUT2D eigenvalue weighted by molar-refractivity contribution is -0.0177.